The summed E-state index contributed by atoms with van der Waals surface area (Å²) in [7, 11) is -4.69. The van der Waals surface area contributed by atoms with Crippen molar-refractivity contribution in [3.8, 4) is 11.5 Å². The van der Waals surface area contributed by atoms with E-state index in [0.717, 1.165) is 5.56 Å². The summed E-state index contributed by atoms with van der Waals surface area (Å²) >= 11 is 0. The van der Waals surface area contributed by atoms with E-state index in [0.29, 0.717) is 23.5 Å². The van der Waals surface area contributed by atoms with Gasteiger partial charge in [-0.3, -0.25) is 0 Å². The van der Waals surface area contributed by atoms with Gasteiger partial charge in [0, 0.05) is 12.6 Å². The van der Waals surface area contributed by atoms with Crippen LogP contribution in [0, 0.1) is 6.92 Å². The molecule has 9 heteroatoms. The van der Waals surface area contributed by atoms with Crippen LogP contribution in [0.2, 0.25) is 0 Å². The second-order valence-corrected chi connectivity index (χ2v) is 10.8. The van der Waals surface area contributed by atoms with Crippen molar-refractivity contribution < 1.29 is 26.3 Å². The van der Waals surface area contributed by atoms with Crippen molar-refractivity contribution >= 4 is 19.9 Å². The highest BCUT2D eigenvalue weighted by Crippen LogP contribution is 2.26. The Balaban J connectivity index is 1.82. The average Bonchev–Trinajstić information content (AvgIpc) is 2.79. The summed E-state index contributed by atoms with van der Waals surface area (Å²) in [6.07, 6.45) is 0.397. The fraction of sp³-hybridized carbons (Fsp3) is 0.217. The first-order valence-corrected chi connectivity index (χ1v) is 12.8. The van der Waals surface area contributed by atoms with Crippen molar-refractivity contribution in [1.82, 2.24) is 4.72 Å². The van der Waals surface area contributed by atoms with Gasteiger partial charge in [0.25, 0.3) is 0 Å². The molecule has 0 aliphatic heterocycles. The molecule has 0 bridgehead atoms. The molecular formula is C23H25NO6S2. The van der Waals surface area contributed by atoms with E-state index in [4.69, 9.17) is 9.47 Å². The SMILES string of the molecule is COc1cc(CCNS(=O)(=O)c2cc(S(=O)(=O)c3ccccc3)ccc2C)cc(OC)c1. The molecule has 0 unspecified atom stereocenters. The zero-order valence-electron chi connectivity index (χ0n) is 18.0. The minimum Gasteiger partial charge on any atom is -0.497 e. The molecule has 0 spiro atoms. The molecule has 32 heavy (non-hydrogen) atoms. The van der Waals surface area contributed by atoms with Crippen LogP contribution in [-0.4, -0.2) is 37.6 Å². The standard InChI is InChI=1S/C23H25NO6S2/c1-17-9-10-22(31(25,26)21-7-5-4-6-8-21)16-23(17)32(27,28)24-12-11-18-13-19(29-2)15-20(14-18)30-3/h4-10,13-16,24H,11-12H2,1-3H3. The molecule has 3 aromatic carbocycles. The molecule has 0 atom stereocenters. The van der Waals surface area contributed by atoms with Crippen LogP contribution >= 0.6 is 0 Å². The summed E-state index contributed by atoms with van der Waals surface area (Å²) in [5.41, 5.74) is 1.29. The Morgan fingerprint density at radius 2 is 1.41 bits per heavy atom. The van der Waals surface area contributed by atoms with Crippen LogP contribution in [0.4, 0.5) is 0 Å². The first-order valence-electron chi connectivity index (χ1n) is 9.80. The minimum atomic E-state index is -3.93. The molecule has 0 aliphatic rings. The van der Waals surface area contributed by atoms with Gasteiger partial charge in [0.2, 0.25) is 19.9 Å². The topological polar surface area (TPSA) is 98.8 Å². The third-order valence-electron chi connectivity index (χ3n) is 4.93. The molecule has 0 heterocycles. The molecule has 3 rings (SSSR count). The number of sulfonamides is 1. The summed E-state index contributed by atoms with van der Waals surface area (Å²) in [5.74, 6) is 1.22. The lowest BCUT2D eigenvalue weighted by molar-refractivity contribution is 0.393. The van der Waals surface area contributed by atoms with E-state index in [9.17, 15) is 16.8 Å². The minimum absolute atomic E-state index is 0.0715. The average molecular weight is 476 g/mol. The van der Waals surface area contributed by atoms with Crippen molar-refractivity contribution in [3.05, 3.63) is 77.9 Å². The summed E-state index contributed by atoms with van der Waals surface area (Å²) in [5, 5.41) is 0. The first kappa shape index (κ1) is 23.8. The lowest BCUT2D eigenvalue weighted by Gasteiger charge is -2.12. The molecule has 0 radical (unpaired) electrons. The maximum absolute atomic E-state index is 12.9. The van der Waals surface area contributed by atoms with Gasteiger partial charge in [-0.05, 0) is 60.9 Å². The number of rotatable bonds is 9. The lowest BCUT2D eigenvalue weighted by Crippen LogP contribution is -2.27. The predicted octanol–water partition coefficient (Wildman–Crippen LogP) is 3.37. The highest BCUT2D eigenvalue weighted by atomic mass is 32.2. The Morgan fingerprint density at radius 1 is 0.781 bits per heavy atom. The number of benzene rings is 3. The molecule has 0 amide bonds. The van der Waals surface area contributed by atoms with E-state index in [-0.39, 0.29) is 21.2 Å². The summed E-state index contributed by atoms with van der Waals surface area (Å²) in [6, 6.07) is 17.4. The van der Waals surface area contributed by atoms with Gasteiger partial charge in [-0.25, -0.2) is 21.6 Å². The van der Waals surface area contributed by atoms with Crippen LogP contribution < -0.4 is 14.2 Å². The van der Waals surface area contributed by atoms with Crippen LogP contribution in [-0.2, 0) is 26.3 Å². The summed E-state index contributed by atoms with van der Waals surface area (Å²) < 4.78 is 64.7. The number of hydrogen-bond donors (Lipinski definition) is 1. The lowest BCUT2D eigenvalue weighted by atomic mass is 10.1. The Morgan fingerprint density at radius 3 is 2.00 bits per heavy atom. The fourth-order valence-electron chi connectivity index (χ4n) is 3.19. The van der Waals surface area contributed by atoms with Gasteiger partial charge < -0.3 is 9.47 Å². The molecule has 0 aliphatic carbocycles. The largest absolute Gasteiger partial charge is 0.497 e. The molecule has 0 aromatic heterocycles. The molecule has 0 saturated heterocycles. The second-order valence-electron chi connectivity index (χ2n) is 7.11. The van der Waals surface area contributed by atoms with Crippen molar-refractivity contribution in [2.45, 2.75) is 28.0 Å². The van der Waals surface area contributed by atoms with E-state index in [1.807, 2.05) is 0 Å². The van der Waals surface area contributed by atoms with Crippen LogP contribution in [0.3, 0.4) is 0 Å². The number of methoxy groups -OCH3 is 2. The van der Waals surface area contributed by atoms with Gasteiger partial charge in [0.15, 0.2) is 0 Å². The Bertz CT molecular complexity index is 1280. The van der Waals surface area contributed by atoms with Crippen molar-refractivity contribution in [2.24, 2.45) is 0 Å². The molecule has 3 aromatic rings. The number of hydrogen-bond acceptors (Lipinski definition) is 6. The van der Waals surface area contributed by atoms with E-state index < -0.39 is 19.9 Å². The van der Waals surface area contributed by atoms with Crippen molar-refractivity contribution in [2.75, 3.05) is 20.8 Å². The van der Waals surface area contributed by atoms with Gasteiger partial charge in [0.05, 0.1) is 28.9 Å². The van der Waals surface area contributed by atoms with Gasteiger partial charge >= 0.3 is 0 Å². The highest BCUT2D eigenvalue weighted by Gasteiger charge is 2.23. The Hall–Kier alpha value is -2.88. The molecule has 170 valence electrons. The Kier molecular flexibility index (Phi) is 7.22. The highest BCUT2D eigenvalue weighted by molar-refractivity contribution is 7.91. The summed E-state index contributed by atoms with van der Waals surface area (Å²) in [4.78, 5) is -0.0444. The van der Waals surface area contributed by atoms with Crippen LogP contribution in [0.5, 0.6) is 11.5 Å². The van der Waals surface area contributed by atoms with Gasteiger partial charge in [-0.1, -0.05) is 24.3 Å². The van der Waals surface area contributed by atoms with Gasteiger partial charge in [-0.2, -0.15) is 0 Å². The van der Waals surface area contributed by atoms with Crippen LogP contribution in [0.25, 0.3) is 0 Å². The van der Waals surface area contributed by atoms with Gasteiger partial charge in [0.1, 0.15) is 11.5 Å². The zero-order chi connectivity index (χ0) is 23.4. The molecular weight excluding hydrogens is 450 g/mol. The van der Waals surface area contributed by atoms with Crippen LogP contribution in [0.1, 0.15) is 11.1 Å². The third kappa shape index (κ3) is 5.29. The third-order valence-corrected chi connectivity index (χ3v) is 8.30. The van der Waals surface area contributed by atoms with E-state index >= 15 is 0 Å². The predicted molar refractivity (Wildman–Crippen MR) is 122 cm³/mol. The maximum Gasteiger partial charge on any atom is 0.240 e. The number of ether oxygens (including phenoxy) is 2. The van der Waals surface area contributed by atoms with E-state index in [2.05, 4.69) is 4.72 Å². The molecule has 0 saturated carbocycles. The molecule has 0 fully saturated rings. The number of sulfone groups is 1. The van der Waals surface area contributed by atoms with E-state index in [1.165, 1.54) is 30.3 Å². The second kappa shape index (κ2) is 9.72. The van der Waals surface area contributed by atoms with Crippen molar-refractivity contribution in [3.63, 3.8) is 0 Å². The zero-order valence-corrected chi connectivity index (χ0v) is 19.7. The molecule has 7 nitrogen and oxygen atoms in total. The fourth-order valence-corrected chi connectivity index (χ4v) is 5.87. The quantitative estimate of drug-likeness (QED) is 0.510. The number of nitrogens with one attached hydrogen (secondary N) is 1. The number of aryl methyl sites for hydroxylation is 1. The smallest absolute Gasteiger partial charge is 0.240 e. The Labute approximate surface area is 189 Å². The van der Waals surface area contributed by atoms with E-state index in [1.54, 1.807) is 57.5 Å². The normalized spacial score (nSPS) is 11.8. The molecule has 1 N–H and O–H groups in total. The van der Waals surface area contributed by atoms with Gasteiger partial charge in [-0.15, -0.1) is 0 Å². The monoisotopic (exact) mass is 475 g/mol. The van der Waals surface area contributed by atoms with Crippen LogP contribution in [0.15, 0.2) is 81.4 Å². The summed E-state index contributed by atoms with van der Waals surface area (Å²) in [6.45, 7) is 1.74. The van der Waals surface area contributed by atoms with Crippen molar-refractivity contribution in [1.29, 1.82) is 0 Å². The maximum atomic E-state index is 12.9. The first-order chi connectivity index (χ1) is 15.2.